The van der Waals surface area contributed by atoms with Crippen LogP contribution in [0.3, 0.4) is 0 Å². The molecule has 178 valence electrons. The Morgan fingerprint density at radius 2 is 2.09 bits per heavy atom. The third-order valence-electron chi connectivity index (χ3n) is 5.02. The number of nitrogens with zero attached hydrogens (tertiary/aromatic N) is 4. The predicted molar refractivity (Wildman–Crippen MR) is 122 cm³/mol. The van der Waals surface area contributed by atoms with Crippen molar-refractivity contribution in [1.29, 1.82) is 0 Å². The zero-order chi connectivity index (χ0) is 23.9. The normalized spacial score (nSPS) is 13.4. The van der Waals surface area contributed by atoms with Gasteiger partial charge in [0.1, 0.15) is 12.4 Å². The lowest BCUT2D eigenvalue weighted by Crippen LogP contribution is -2.21. The van der Waals surface area contributed by atoms with Gasteiger partial charge in [-0.3, -0.25) is 0 Å². The number of furan rings is 1. The average Bonchev–Trinajstić information content (AvgIpc) is 3.52. The molecule has 2 aromatic heterocycles. The van der Waals surface area contributed by atoms with E-state index in [0.29, 0.717) is 23.9 Å². The van der Waals surface area contributed by atoms with Crippen molar-refractivity contribution in [3.8, 4) is 11.5 Å². The minimum atomic E-state index is -1.14. The summed E-state index contributed by atoms with van der Waals surface area (Å²) in [6, 6.07) is 8.15. The van der Waals surface area contributed by atoms with E-state index in [1.807, 2.05) is 11.8 Å². The standard InChI is InChI=1S/C23H24FN5O5/c1-2-32-20-11-15(5-7-18(20)33-14-16-6-8-19(34-16)22(30)31)12-26-28-23-25-13-17(24)21(27-23)29-9-3-4-10-29/h5-8,11-13H,2-4,9-10,14H2,1H3,(H,30,31)(H,25,27,28)/b26-12+. The highest BCUT2D eigenvalue weighted by molar-refractivity contribution is 5.84. The Hall–Kier alpha value is -4.15. The summed E-state index contributed by atoms with van der Waals surface area (Å²) < 4.78 is 30.7. The molecule has 1 aromatic carbocycles. The molecule has 0 atom stereocenters. The molecule has 0 spiro atoms. The number of carboxylic acid groups (broad SMARTS) is 1. The lowest BCUT2D eigenvalue weighted by Gasteiger charge is -2.16. The van der Waals surface area contributed by atoms with Crippen molar-refractivity contribution in [2.45, 2.75) is 26.4 Å². The van der Waals surface area contributed by atoms with E-state index in [2.05, 4.69) is 20.5 Å². The van der Waals surface area contributed by atoms with Gasteiger partial charge in [0.05, 0.1) is 19.0 Å². The number of hydrogen-bond acceptors (Lipinski definition) is 9. The maximum Gasteiger partial charge on any atom is 0.371 e. The van der Waals surface area contributed by atoms with E-state index in [1.165, 1.54) is 6.07 Å². The summed E-state index contributed by atoms with van der Waals surface area (Å²) in [6.45, 7) is 3.85. The molecule has 2 N–H and O–H groups in total. The van der Waals surface area contributed by atoms with E-state index in [-0.39, 0.29) is 24.1 Å². The second-order valence-electron chi connectivity index (χ2n) is 7.43. The summed E-state index contributed by atoms with van der Waals surface area (Å²) >= 11 is 0. The second kappa shape index (κ2) is 10.6. The number of aromatic nitrogens is 2. The number of hydrogen-bond donors (Lipinski definition) is 2. The van der Waals surface area contributed by atoms with Gasteiger partial charge >= 0.3 is 5.97 Å². The summed E-state index contributed by atoms with van der Waals surface area (Å²) in [6.07, 6.45) is 4.71. The molecule has 0 radical (unpaired) electrons. The highest BCUT2D eigenvalue weighted by Gasteiger charge is 2.18. The summed E-state index contributed by atoms with van der Waals surface area (Å²) in [5.74, 6) is 0.0610. The van der Waals surface area contributed by atoms with Gasteiger partial charge in [-0.2, -0.15) is 10.1 Å². The zero-order valence-corrected chi connectivity index (χ0v) is 18.5. The van der Waals surface area contributed by atoms with Crippen molar-refractivity contribution in [3.05, 3.63) is 59.4 Å². The Kier molecular flexibility index (Phi) is 7.21. The molecule has 1 saturated heterocycles. The fraction of sp³-hybridized carbons (Fsp3) is 0.304. The van der Waals surface area contributed by atoms with Crippen molar-refractivity contribution >= 4 is 24.0 Å². The van der Waals surface area contributed by atoms with Gasteiger partial charge in [0, 0.05) is 13.1 Å². The molecule has 0 bridgehead atoms. The SMILES string of the molecule is CCOc1cc(/C=N/Nc2ncc(F)c(N3CCCC3)n2)ccc1OCc1ccc(C(=O)O)o1. The Morgan fingerprint density at radius 3 is 2.82 bits per heavy atom. The predicted octanol–water partition coefficient (Wildman–Crippen LogP) is 3.93. The fourth-order valence-corrected chi connectivity index (χ4v) is 3.44. The monoisotopic (exact) mass is 469 g/mol. The Labute approximate surface area is 195 Å². The van der Waals surface area contributed by atoms with E-state index in [9.17, 15) is 9.18 Å². The smallest absolute Gasteiger partial charge is 0.371 e. The number of rotatable bonds is 10. The Balaban J connectivity index is 1.41. The molecule has 1 aliphatic rings. The number of nitrogens with one attached hydrogen (secondary N) is 1. The van der Waals surface area contributed by atoms with Crippen molar-refractivity contribution in [2.24, 2.45) is 5.10 Å². The lowest BCUT2D eigenvalue weighted by atomic mass is 10.2. The molecule has 3 heterocycles. The molecule has 0 amide bonds. The second-order valence-corrected chi connectivity index (χ2v) is 7.43. The Morgan fingerprint density at radius 1 is 1.26 bits per heavy atom. The molecular weight excluding hydrogens is 445 g/mol. The van der Waals surface area contributed by atoms with Gasteiger partial charge in [0.2, 0.25) is 11.7 Å². The molecule has 10 nitrogen and oxygen atoms in total. The van der Waals surface area contributed by atoms with Gasteiger partial charge < -0.3 is 23.9 Å². The highest BCUT2D eigenvalue weighted by atomic mass is 19.1. The van der Waals surface area contributed by atoms with Gasteiger partial charge in [-0.25, -0.2) is 19.6 Å². The molecule has 3 aromatic rings. The number of anilines is 2. The molecular formula is C23H24FN5O5. The van der Waals surface area contributed by atoms with Gasteiger partial charge in [0.15, 0.2) is 23.1 Å². The maximum absolute atomic E-state index is 14.1. The average molecular weight is 469 g/mol. The van der Waals surface area contributed by atoms with Gasteiger partial charge in [-0.05, 0) is 55.7 Å². The van der Waals surface area contributed by atoms with Crippen LogP contribution in [0.5, 0.6) is 11.5 Å². The Bertz CT molecular complexity index is 1180. The number of carbonyl (C=O) groups is 1. The lowest BCUT2D eigenvalue weighted by molar-refractivity contribution is 0.0658. The third kappa shape index (κ3) is 5.61. The van der Waals surface area contributed by atoms with Crippen molar-refractivity contribution in [1.82, 2.24) is 9.97 Å². The van der Waals surface area contributed by atoms with E-state index in [0.717, 1.165) is 37.7 Å². The van der Waals surface area contributed by atoms with E-state index >= 15 is 0 Å². The summed E-state index contributed by atoms with van der Waals surface area (Å²) in [4.78, 5) is 21.0. The quantitative estimate of drug-likeness (QED) is 0.336. The van der Waals surface area contributed by atoms with E-state index in [4.69, 9.17) is 19.0 Å². The highest BCUT2D eigenvalue weighted by Crippen LogP contribution is 2.29. The van der Waals surface area contributed by atoms with Crippen LogP contribution in [0.4, 0.5) is 16.2 Å². The number of aromatic carboxylic acids is 1. The van der Waals surface area contributed by atoms with Crippen LogP contribution in [-0.2, 0) is 6.61 Å². The van der Waals surface area contributed by atoms with Crippen LogP contribution in [0, 0.1) is 5.82 Å². The van der Waals surface area contributed by atoms with Crippen LogP contribution < -0.4 is 19.8 Å². The van der Waals surface area contributed by atoms with Crippen LogP contribution in [0.15, 0.2) is 46.0 Å². The van der Waals surface area contributed by atoms with E-state index in [1.54, 1.807) is 30.5 Å². The van der Waals surface area contributed by atoms with E-state index < -0.39 is 11.8 Å². The van der Waals surface area contributed by atoms with Crippen LogP contribution in [0.25, 0.3) is 0 Å². The maximum atomic E-state index is 14.1. The summed E-state index contributed by atoms with van der Waals surface area (Å²) in [5.41, 5.74) is 3.45. The number of benzene rings is 1. The first-order valence-corrected chi connectivity index (χ1v) is 10.8. The molecule has 1 aliphatic heterocycles. The largest absolute Gasteiger partial charge is 0.490 e. The van der Waals surface area contributed by atoms with Crippen LogP contribution >= 0.6 is 0 Å². The molecule has 0 unspecified atom stereocenters. The van der Waals surface area contributed by atoms with Crippen molar-refractivity contribution < 1.29 is 28.2 Å². The zero-order valence-electron chi connectivity index (χ0n) is 18.5. The number of hydrazone groups is 1. The molecule has 34 heavy (non-hydrogen) atoms. The molecule has 0 aliphatic carbocycles. The van der Waals surface area contributed by atoms with Gasteiger partial charge in [0.25, 0.3) is 0 Å². The van der Waals surface area contributed by atoms with Crippen LogP contribution in [0.1, 0.15) is 41.6 Å². The summed E-state index contributed by atoms with van der Waals surface area (Å²) in [5, 5.41) is 13.1. The van der Waals surface area contributed by atoms with Crippen LogP contribution in [0.2, 0.25) is 0 Å². The van der Waals surface area contributed by atoms with Crippen molar-refractivity contribution in [2.75, 3.05) is 30.0 Å². The molecule has 11 heteroatoms. The minimum absolute atomic E-state index is 0.0452. The molecule has 0 saturated carbocycles. The number of ether oxygens (including phenoxy) is 2. The molecule has 4 rings (SSSR count). The number of halogens is 1. The minimum Gasteiger partial charge on any atom is -0.490 e. The molecule has 1 fully saturated rings. The first-order chi connectivity index (χ1) is 16.5. The summed E-state index contributed by atoms with van der Waals surface area (Å²) in [7, 11) is 0. The third-order valence-corrected chi connectivity index (χ3v) is 5.02. The van der Waals surface area contributed by atoms with Crippen molar-refractivity contribution in [3.63, 3.8) is 0 Å². The van der Waals surface area contributed by atoms with Gasteiger partial charge in [-0.15, -0.1) is 0 Å². The fourth-order valence-electron chi connectivity index (χ4n) is 3.44. The van der Waals surface area contributed by atoms with Crippen LogP contribution in [-0.4, -0.2) is 47.0 Å². The topological polar surface area (TPSA) is 122 Å². The number of carboxylic acids is 1. The first-order valence-electron chi connectivity index (χ1n) is 10.8. The first kappa shape index (κ1) is 23.0. The van der Waals surface area contributed by atoms with Gasteiger partial charge in [-0.1, -0.05) is 0 Å².